The summed E-state index contributed by atoms with van der Waals surface area (Å²) in [5.74, 6) is 5.23. The van der Waals surface area contributed by atoms with E-state index in [2.05, 4.69) is 11.8 Å². The van der Waals surface area contributed by atoms with Crippen molar-refractivity contribution in [3.05, 3.63) is 34.2 Å². The number of hydroxylamine groups is 1. The lowest BCUT2D eigenvalue weighted by molar-refractivity contribution is -0.131. The topological polar surface area (TPSA) is 126 Å². The smallest absolute Gasteiger partial charge is 0.264 e. The van der Waals surface area contributed by atoms with Crippen molar-refractivity contribution in [2.75, 3.05) is 12.9 Å². The third-order valence-corrected chi connectivity index (χ3v) is 6.81. The number of carbonyl (C=O) groups excluding carboxylic acids is 1. The maximum absolute atomic E-state index is 12.2. The Morgan fingerprint density at radius 2 is 2.19 bits per heavy atom. The van der Waals surface area contributed by atoms with E-state index in [9.17, 15) is 18.0 Å². The van der Waals surface area contributed by atoms with Gasteiger partial charge in [-0.25, -0.2) is 13.9 Å². The van der Waals surface area contributed by atoms with Crippen molar-refractivity contribution in [3.8, 4) is 11.8 Å². The number of aromatic nitrogens is 1. The molecule has 1 aromatic rings. The van der Waals surface area contributed by atoms with E-state index in [1.165, 1.54) is 29.2 Å². The third kappa shape index (κ3) is 4.33. The summed E-state index contributed by atoms with van der Waals surface area (Å²) >= 11 is 0. The Bertz CT molecular complexity index is 911. The van der Waals surface area contributed by atoms with Crippen molar-refractivity contribution in [3.63, 3.8) is 0 Å². The van der Waals surface area contributed by atoms with Gasteiger partial charge in [0.05, 0.1) is 0 Å². The summed E-state index contributed by atoms with van der Waals surface area (Å²) in [5.41, 5.74) is 1.54. The number of aliphatic hydroxyl groups is 1. The van der Waals surface area contributed by atoms with E-state index in [0.717, 1.165) is 12.7 Å². The Morgan fingerprint density at radius 3 is 2.69 bits per heavy atom. The van der Waals surface area contributed by atoms with Crippen molar-refractivity contribution >= 4 is 15.7 Å². The number of pyridine rings is 1. The molecule has 0 bridgehead atoms. The molecule has 26 heavy (non-hydrogen) atoms. The predicted octanol–water partition coefficient (Wildman–Crippen LogP) is -0.473. The monoisotopic (exact) mass is 382 g/mol. The number of nitrogens with one attached hydrogen (secondary N) is 1. The summed E-state index contributed by atoms with van der Waals surface area (Å²) in [4.78, 5) is 24.0. The molecule has 1 aliphatic rings. The fourth-order valence-corrected chi connectivity index (χ4v) is 3.34. The van der Waals surface area contributed by atoms with Gasteiger partial charge in [-0.1, -0.05) is 11.8 Å². The van der Waals surface area contributed by atoms with Crippen molar-refractivity contribution in [2.24, 2.45) is 11.8 Å². The van der Waals surface area contributed by atoms with Crippen molar-refractivity contribution in [1.82, 2.24) is 10.0 Å². The van der Waals surface area contributed by atoms with Gasteiger partial charge < -0.3 is 9.67 Å². The normalized spacial score (nSPS) is 21.2. The van der Waals surface area contributed by atoms with Gasteiger partial charge in [-0.3, -0.25) is 14.8 Å². The van der Waals surface area contributed by atoms with Crippen LogP contribution in [-0.2, 0) is 21.2 Å². The molecular weight excluding hydrogens is 360 g/mol. The van der Waals surface area contributed by atoms with Gasteiger partial charge in [0.25, 0.3) is 11.5 Å². The van der Waals surface area contributed by atoms with Gasteiger partial charge in [-0.15, -0.1) is 0 Å². The van der Waals surface area contributed by atoms with Gasteiger partial charge in [-0.05, 0) is 31.7 Å². The first-order valence-corrected chi connectivity index (χ1v) is 9.98. The molecule has 0 radical (unpaired) electrons. The minimum atomic E-state index is -3.82. The first-order valence-electron chi connectivity index (χ1n) is 8.09. The fourth-order valence-electron chi connectivity index (χ4n) is 2.49. The number of aliphatic hydroxyl groups excluding tert-OH is 1. The van der Waals surface area contributed by atoms with Crippen molar-refractivity contribution in [1.29, 1.82) is 0 Å². The minimum Gasteiger partial charge on any atom is -0.396 e. The number of carbonyl (C=O) groups is 1. The van der Waals surface area contributed by atoms with Gasteiger partial charge in [0.15, 0.2) is 14.6 Å². The van der Waals surface area contributed by atoms with Crippen LogP contribution in [0, 0.1) is 23.7 Å². The summed E-state index contributed by atoms with van der Waals surface area (Å²) in [6, 6.07) is 2.97. The number of nitrogens with zero attached hydrogens (tertiary/aromatic N) is 1. The Hall–Kier alpha value is -2.15. The summed E-state index contributed by atoms with van der Waals surface area (Å²) in [6.07, 6.45) is 3.07. The van der Waals surface area contributed by atoms with Crippen LogP contribution in [0.15, 0.2) is 23.1 Å². The standard InChI is InChI=1S/C17H22N2O6S/c1-17(16(22)18-23,26(2,24)25)6-8-19-7-5-12(9-15(19)21)3-4-13-10-14(13)11-20/h5,7,9,13-14,20,23H,6,8,10-11H2,1-2H3,(H,18,22)/t13-,14-,17?/m1/s1. The molecule has 1 aliphatic carbocycles. The van der Waals surface area contributed by atoms with Crippen LogP contribution in [0.2, 0.25) is 0 Å². The van der Waals surface area contributed by atoms with E-state index in [4.69, 9.17) is 10.3 Å². The van der Waals surface area contributed by atoms with Gasteiger partial charge >= 0.3 is 0 Å². The molecule has 0 spiro atoms. The average Bonchev–Trinajstić information content (AvgIpc) is 3.35. The van der Waals surface area contributed by atoms with Crippen LogP contribution in [-0.4, -0.2) is 46.8 Å². The number of hydrogen-bond donors (Lipinski definition) is 3. The van der Waals surface area contributed by atoms with Gasteiger partial charge in [-0.2, -0.15) is 0 Å². The van der Waals surface area contributed by atoms with Crippen LogP contribution in [0.25, 0.3) is 0 Å². The zero-order valence-electron chi connectivity index (χ0n) is 14.6. The summed E-state index contributed by atoms with van der Waals surface area (Å²) in [5, 5.41) is 17.8. The molecule has 0 aromatic carbocycles. The van der Waals surface area contributed by atoms with E-state index in [0.29, 0.717) is 5.56 Å². The maximum Gasteiger partial charge on any atom is 0.264 e. The van der Waals surface area contributed by atoms with E-state index >= 15 is 0 Å². The number of sulfone groups is 1. The molecule has 3 N–H and O–H groups in total. The first-order chi connectivity index (χ1) is 12.1. The number of aryl methyl sites for hydroxylation is 1. The molecule has 142 valence electrons. The Labute approximate surface area is 151 Å². The van der Waals surface area contributed by atoms with Gasteiger partial charge in [0, 0.05) is 43.2 Å². The molecule has 3 atom stereocenters. The molecule has 1 amide bonds. The highest BCUT2D eigenvalue weighted by molar-refractivity contribution is 7.92. The second kappa shape index (κ2) is 7.61. The van der Waals surface area contributed by atoms with Crippen LogP contribution in [0.3, 0.4) is 0 Å². The SMILES string of the molecule is CC(CCn1ccc(C#C[C@@H]2C[C@@H]2CO)cc1=O)(C(=O)NO)S(C)(=O)=O. The number of amides is 1. The number of rotatable bonds is 6. The quantitative estimate of drug-likeness (QED) is 0.347. The van der Waals surface area contributed by atoms with Crippen LogP contribution in [0.5, 0.6) is 0 Å². The zero-order chi connectivity index (χ0) is 19.5. The van der Waals surface area contributed by atoms with E-state index in [1.54, 1.807) is 6.07 Å². The molecule has 1 unspecified atom stereocenters. The van der Waals surface area contributed by atoms with Crippen molar-refractivity contribution in [2.45, 2.75) is 31.1 Å². The average molecular weight is 382 g/mol. The fraction of sp³-hybridized carbons (Fsp3) is 0.529. The first kappa shape index (κ1) is 20.2. The maximum atomic E-state index is 12.2. The Kier molecular flexibility index (Phi) is 5.91. The lowest BCUT2D eigenvalue weighted by Gasteiger charge is -2.25. The van der Waals surface area contributed by atoms with E-state index in [-0.39, 0.29) is 37.0 Å². The lowest BCUT2D eigenvalue weighted by atomic mass is 10.1. The van der Waals surface area contributed by atoms with Crippen LogP contribution in [0.4, 0.5) is 0 Å². The zero-order valence-corrected chi connectivity index (χ0v) is 15.4. The van der Waals surface area contributed by atoms with Gasteiger partial charge in [0.1, 0.15) is 0 Å². The highest BCUT2D eigenvalue weighted by Crippen LogP contribution is 2.36. The Balaban J connectivity index is 2.13. The molecule has 2 rings (SSSR count). The van der Waals surface area contributed by atoms with Crippen LogP contribution in [0.1, 0.15) is 25.3 Å². The molecule has 1 fully saturated rings. The largest absolute Gasteiger partial charge is 0.396 e. The molecule has 8 nitrogen and oxygen atoms in total. The number of hydrogen-bond acceptors (Lipinski definition) is 6. The highest BCUT2D eigenvalue weighted by atomic mass is 32.2. The van der Waals surface area contributed by atoms with Gasteiger partial charge in [0.2, 0.25) is 0 Å². The lowest BCUT2D eigenvalue weighted by Crippen LogP contribution is -2.49. The predicted molar refractivity (Wildman–Crippen MR) is 94.1 cm³/mol. The molecule has 0 saturated heterocycles. The second-order valence-electron chi connectivity index (χ2n) is 6.70. The Morgan fingerprint density at radius 1 is 1.50 bits per heavy atom. The summed E-state index contributed by atoms with van der Waals surface area (Å²) in [6.45, 7) is 1.30. The summed E-state index contributed by atoms with van der Waals surface area (Å²) in [7, 11) is -3.82. The van der Waals surface area contributed by atoms with Crippen LogP contribution >= 0.6 is 0 Å². The second-order valence-corrected chi connectivity index (χ2v) is 9.14. The highest BCUT2D eigenvalue weighted by Gasteiger charge is 2.43. The minimum absolute atomic E-state index is 0.0151. The van der Waals surface area contributed by atoms with Crippen LogP contribution < -0.4 is 11.0 Å². The summed E-state index contributed by atoms with van der Waals surface area (Å²) < 4.78 is 23.3. The van der Waals surface area contributed by atoms with E-state index in [1.807, 2.05) is 0 Å². The molecular formula is C17H22N2O6S. The molecule has 1 aromatic heterocycles. The third-order valence-electron chi connectivity index (χ3n) is 4.79. The van der Waals surface area contributed by atoms with Crippen molar-refractivity contribution < 1.29 is 23.5 Å². The molecule has 9 heteroatoms. The molecule has 1 saturated carbocycles. The van der Waals surface area contributed by atoms with E-state index < -0.39 is 20.5 Å². The molecule has 0 aliphatic heterocycles. The molecule has 1 heterocycles.